The van der Waals surface area contributed by atoms with Crippen molar-refractivity contribution in [2.45, 2.75) is 26.2 Å². The molecular weight excluding hydrogens is 664 g/mol. The molecule has 0 saturated carbocycles. The molecule has 0 unspecified atom stereocenters. The number of carbonyl (C=O) groups excluding carboxylic acids is 2. The van der Waals surface area contributed by atoms with Crippen molar-refractivity contribution >= 4 is 11.8 Å². The molecule has 0 aliphatic heterocycles. The van der Waals surface area contributed by atoms with E-state index in [1.165, 1.54) is 0 Å². The van der Waals surface area contributed by atoms with E-state index in [0.717, 1.165) is 22.3 Å². The maximum atomic E-state index is 13.1. The Kier molecular flexibility index (Phi) is 12.5. The molecule has 2 amide bonds. The first-order valence-electron chi connectivity index (χ1n) is 16.5. The molecule has 0 spiro atoms. The van der Waals surface area contributed by atoms with Gasteiger partial charge < -0.3 is 39.1 Å². The zero-order valence-corrected chi connectivity index (χ0v) is 30.2. The number of hydrogen-bond donors (Lipinski definition) is 2. The van der Waals surface area contributed by atoms with Crippen LogP contribution in [0.3, 0.4) is 0 Å². The van der Waals surface area contributed by atoms with Crippen LogP contribution < -0.4 is 48.2 Å². The summed E-state index contributed by atoms with van der Waals surface area (Å²) in [6.07, 6.45) is 7.51. The summed E-state index contributed by atoms with van der Waals surface area (Å²) >= 11 is 0. The van der Waals surface area contributed by atoms with E-state index >= 15 is 0 Å². The van der Waals surface area contributed by atoms with Gasteiger partial charge in [0.25, 0.3) is 11.8 Å². The Hall–Kier alpha value is -6.30. The maximum absolute atomic E-state index is 13.1. The average molecular weight is 709 g/mol. The highest BCUT2D eigenvalue weighted by Crippen LogP contribution is 2.39. The molecule has 2 aromatic heterocycles. The molecule has 3 aromatic carbocycles. The third kappa shape index (κ3) is 9.08. The lowest BCUT2D eigenvalue weighted by Gasteiger charge is -2.14. The molecule has 0 fully saturated rings. The minimum absolute atomic E-state index is 0.201. The number of methoxy groups -OCH3 is 6. The first kappa shape index (κ1) is 37.0. The molecule has 12 nitrogen and oxygen atoms in total. The molecule has 0 bridgehead atoms. The normalized spacial score (nSPS) is 10.6. The Morgan fingerprint density at radius 2 is 0.846 bits per heavy atom. The van der Waals surface area contributed by atoms with Crippen molar-refractivity contribution < 1.29 is 47.1 Å². The summed E-state index contributed by atoms with van der Waals surface area (Å²) in [5.74, 6) is 2.68. The van der Waals surface area contributed by atoms with Gasteiger partial charge in [0.05, 0.1) is 42.7 Å². The van der Waals surface area contributed by atoms with E-state index in [4.69, 9.17) is 28.4 Å². The number of benzene rings is 3. The van der Waals surface area contributed by atoms with E-state index in [-0.39, 0.29) is 24.9 Å². The van der Waals surface area contributed by atoms with Gasteiger partial charge in [-0.3, -0.25) is 9.59 Å². The monoisotopic (exact) mass is 708 g/mol. The third-order valence-electron chi connectivity index (χ3n) is 8.35. The lowest BCUT2D eigenvalue weighted by atomic mass is 10.1. The predicted octanol–water partition coefficient (Wildman–Crippen LogP) is 4.27. The maximum Gasteiger partial charge on any atom is 0.257 e. The fourth-order valence-corrected chi connectivity index (χ4v) is 5.72. The number of rotatable bonds is 16. The van der Waals surface area contributed by atoms with Gasteiger partial charge in [0.15, 0.2) is 60.9 Å². The van der Waals surface area contributed by atoms with Crippen LogP contribution in [-0.2, 0) is 26.2 Å². The Morgan fingerprint density at radius 1 is 0.500 bits per heavy atom. The van der Waals surface area contributed by atoms with Gasteiger partial charge in [-0.2, -0.15) is 9.13 Å². The second-order valence-corrected chi connectivity index (χ2v) is 11.8. The number of hydrogen-bond acceptors (Lipinski definition) is 8. The van der Waals surface area contributed by atoms with Gasteiger partial charge in [-0.1, -0.05) is 24.3 Å². The predicted molar refractivity (Wildman–Crippen MR) is 192 cm³/mol. The van der Waals surface area contributed by atoms with Crippen molar-refractivity contribution in [2.24, 2.45) is 0 Å². The van der Waals surface area contributed by atoms with Crippen molar-refractivity contribution in [1.29, 1.82) is 0 Å². The number of aromatic nitrogens is 2. The summed E-state index contributed by atoms with van der Waals surface area (Å²) < 4.78 is 36.4. The largest absolute Gasteiger partial charge is 0.493 e. The standard InChI is InChI=1S/C40H42N4O8/c1-47-33-17-29(18-34(48-2)37(33)51-5)21-41-39(45)31-9-7-15-43(25-31)23-27-11-13-28(14-12-27)24-44-16-8-10-32(26-44)40(46)42-22-30-19-35(49-3)38(52-6)36(20-30)50-4/h7-20,25-26H,21-24H2,1-6H3/p+2. The number of nitrogens with zero attached hydrogens (tertiary/aromatic N) is 2. The summed E-state index contributed by atoms with van der Waals surface area (Å²) in [6, 6.07) is 22.8. The van der Waals surface area contributed by atoms with Crippen LogP contribution in [0, 0.1) is 0 Å². The summed E-state index contributed by atoms with van der Waals surface area (Å²) in [5.41, 5.74) is 4.85. The number of ether oxygens (including phenoxy) is 6. The first-order chi connectivity index (χ1) is 25.3. The second kappa shape index (κ2) is 17.6. The zero-order chi connectivity index (χ0) is 37.0. The highest BCUT2D eigenvalue weighted by molar-refractivity contribution is 5.94. The number of pyridine rings is 2. The van der Waals surface area contributed by atoms with Crippen LogP contribution in [0.5, 0.6) is 34.5 Å². The highest BCUT2D eigenvalue weighted by Gasteiger charge is 2.17. The zero-order valence-electron chi connectivity index (χ0n) is 30.2. The molecule has 2 N–H and O–H groups in total. The second-order valence-electron chi connectivity index (χ2n) is 11.8. The van der Waals surface area contributed by atoms with Crippen LogP contribution in [-0.4, -0.2) is 54.5 Å². The quantitative estimate of drug-likeness (QED) is 0.146. The molecule has 0 radical (unpaired) electrons. The Balaban J connectivity index is 1.16. The number of amides is 2. The molecule has 5 aromatic rings. The SMILES string of the molecule is COc1cc(CNC(=O)c2ccc[n+](Cc3ccc(C[n+]4cccc(C(=O)NCc5cc(OC)c(OC)c(OC)c5)c4)cc3)c2)cc(OC)c1OC. The van der Waals surface area contributed by atoms with Gasteiger partial charge >= 0.3 is 0 Å². The van der Waals surface area contributed by atoms with E-state index in [1.807, 2.05) is 70.3 Å². The molecule has 52 heavy (non-hydrogen) atoms. The van der Waals surface area contributed by atoms with Gasteiger partial charge in [-0.05, 0) is 47.5 Å². The van der Waals surface area contributed by atoms with Crippen LogP contribution in [0.25, 0.3) is 0 Å². The van der Waals surface area contributed by atoms with Crippen LogP contribution in [0.1, 0.15) is 43.0 Å². The summed E-state index contributed by atoms with van der Waals surface area (Å²) in [7, 11) is 9.32. The molecule has 0 aliphatic rings. The summed E-state index contributed by atoms with van der Waals surface area (Å²) in [5, 5.41) is 5.94. The molecule has 2 heterocycles. The number of carbonyl (C=O) groups is 2. The van der Waals surface area contributed by atoms with Crippen LogP contribution in [0.2, 0.25) is 0 Å². The fourth-order valence-electron chi connectivity index (χ4n) is 5.72. The lowest BCUT2D eigenvalue weighted by Crippen LogP contribution is -2.36. The minimum atomic E-state index is -0.201. The van der Waals surface area contributed by atoms with Gasteiger partial charge in [0.1, 0.15) is 11.1 Å². The van der Waals surface area contributed by atoms with E-state index in [0.29, 0.717) is 58.7 Å². The van der Waals surface area contributed by atoms with Crippen molar-refractivity contribution in [1.82, 2.24) is 10.6 Å². The molecule has 270 valence electrons. The topological polar surface area (TPSA) is 121 Å². The van der Waals surface area contributed by atoms with Crippen LogP contribution in [0.15, 0.2) is 97.6 Å². The van der Waals surface area contributed by atoms with Gasteiger partial charge in [0, 0.05) is 36.3 Å². The van der Waals surface area contributed by atoms with Gasteiger partial charge in [-0.25, -0.2) is 0 Å². The van der Waals surface area contributed by atoms with Crippen molar-refractivity contribution in [3.05, 3.63) is 131 Å². The first-order valence-corrected chi connectivity index (χ1v) is 16.5. The minimum Gasteiger partial charge on any atom is -0.493 e. The Bertz CT molecular complexity index is 1820. The molecule has 0 saturated heterocycles. The van der Waals surface area contributed by atoms with Crippen LogP contribution in [0.4, 0.5) is 0 Å². The smallest absolute Gasteiger partial charge is 0.257 e. The highest BCUT2D eigenvalue weighted by atomic mass is 16.5. The number of nitrogens with one attached hydrogen (secondary N) is 2. The van der Waals surface area contributed by atoms with Crippen molar-refractivity contribution in [3.63, 3.8) is 0 Å². The summed E-state index contributed by atoms with van der Waals surface area (Å²) in [4.78, 5) is 26.1. The van der Waals surface area contributed by atoms with E-state index < -0.39 is 0 Å². The van der Waals surface area contributed by atoms with E-state index in [1.54, 1.807) is 54.8 Å². The van der Waals surface area contributed by atoms with E-state index in [9.17, 15) is 9.59 Å². The lowest BCUT2D eigenvalue weighted by molar-refractivity contribution is -0.689. The van der Waals surface area contributed by atoms with E-state index in [2.05, 4.69) is 34.9 Å². The van der Waals surface area contributed by atoms with Gasteiger partial charge in [0.2, 0.25) is 11.5 Å². The van der Waals surface area contributed by atoms with Crippen LogP contribution >= 0.6 is 0 Å². The van der Waals surface area contributed by atoms with Crippen molar-refractivity contribution in [3.8, 4) is 34.5 Å². The Labute approximate surface area is 303 Å². The van der Waals surface area contributed by atoms with Gasteiger partial charge in [-0.15, -0.1) is 0 Å². The molecular formula is C40H44N4O8+2. The fraction of sp³-hybridized carbons (Fsp3) is 0.250. The molecule has 5 rings (SSSR count). The van der Waals surface area contributed by atoms with Crippen molar-refractivity contribution in [2.75, 3.05) is 42.7 Å². The molecule has 0 aliphatic carbocycles. The summed E-state index contributed by atoms with van der Waals surface area (Å²) in [6.45, 7) is 1.74. The average Bonchev–Trinajstić information content (AvgIpc) is 3.18. The Morgan fingerprint density at radius 3 is 1.15 bits per heavy atom. The third-order valence-corrected chi connectivity index (χ3v) is 8.35. The molecule has 12 heteroatoms. The molecule has 0 atom stereocenters.